The summed E-state index contributed by atoms with van der Waals surface area (Å²) in [5.41, 5.74) is 4.59. The number of allylic oxidation sites excluding steroid dienone is 1. The van der Waals surface area contributed by atoms with Gasteiger partial charge in [-0.1, -0.05) is 30.7 Å². The maximum absolute atomic E-state index is 11.4. The molecule has 0 amide bonds. The Morgan fingerprint density at radius 1 is 1.19 bits per heavy atom. The van der Waals surface area contributed by atoms with Gasteiger partial charge in [0, 0.05) is 30.7 Å². The highest BCUT2D eigenvalue weighted by molar-refractivity contribution is 5.66. The van der Waals surface area contributed by atoms with Crippen LogP contribution in [-0.4, -0.2) is 17.2 Å². The minimum Gasteiger partial charge on any atom is -0.462 e. The van der Waals surface area contributed by atoms with Gasteiger partial charge in [0.1, 0.15) is 11.9 Å². The van der Waals surface area contributed by atoms with Gasteiger partial charge in [-0.05, 0) is 62.2 Å². The Balaban J connectivity index is 1.45. The van der Waals surface area contributed by atoms with Gasteiger partial charge in [-0.3, -0.25) is 4.79 Å². The van der Waals surface area contributed by atoms with Crippen LogP contribution in [-0.2, 0) is 21.4 Å². The lowest BCUT2D eigenvalue weighted by Crippen LogP contribution is -2.51. The van der Waals surface area contributed by atoms with Gasteiger partial charge in [-0.25, -0.2) is 0 Å². The van der Waals surface area contributed by atoms with Gasteiger partial charge >= 0.3 is 5.97 Å². The van der Waals surface area contributed by atoms with Crippen LogP contribution in [0.5, 0.6) is 0 Å². The summed E-state index contributed by atoms with van der Waals surface area (Å²) in [5.74, 6) is 3.15. The first kappa shape index (κ1) is 17.5. The number of fused-ring (bicyclic) bond motifs is 7. The zero-order valence-corrected chi connectivity index (χ0v) is 17.0. The van der Waals surface area contributed by atoms with Crippen LogP contribution < -0.4 is 0 Å². The minimum atomic E-state index is -0.144. The van der Waals surface area contributed by atoms with Crippen LogP contribution in [0.1, 0.15) is 76.3 Å². The van der Waals surface area contributed by atoms with Crippen molar-refractivity contribution in [3.05, 3.63) is 28.7 Å². The lowest BCUT2D eigenvalue weighted by atomic mass is 9.47. The van der Waals surface area contributed by atoms with Crippen molar-refractivity contribution in [2.45, 2.75) is 84.2 Å². The molecule has 0 N–H and O–H groups in total. The molecule has 0 radical (unpaired) electrons. The fourth-order valence-electron chi connectivity index (χ4n) is 7.46. The topological polar surface area (TPSA) is 52.3 Å². The highest BCUT2D eigenvalue weighted by atomic mass is 16.5. The first-order valence-electron chi connectivity index (χ1n) is 10.7. The van der Waals surface area contributed by atoms with E-state index in [4.69, 9.17) is 9.26 Å². The molecular weight excluding hydrogens is 338 g/mol. The van der Waals surface area contributed by atoms with E-state index in [0.717, 1.165) is 49.0 Å². The Bertz CT molecular complexity index is 824. The third kappa shape index (κ3) is 2.34. The summed E-state index contributed by atoms with van der Waals surface area (Å²) in [6.45, 7) is 8.59. The van der Waals surface area contributed by atoms with Gasteiger partial charge in [-0.2, -0.15) is 0 Å². The molecule has 2 saturated carbocycles. The molecule has 0 bridgehead atoms. The summed E-state index contributed by atoms with van der Waals surface area (Å²) in [6.07, 6.45) is 10.4. The average molecular weight is 370 g/mol. The van der Waals surface area contributed by atoms with E-state index >= 15 is 0 Å². The number of ether oxygens (including phenoxy) is 1. The molecule has 4 aliphatic carbocycles. The van der Waals surface area contributed by atoms with E-state index in [0.29, 0.717) is 5.92 Å². The monoisotopic (exact) mass is 369 g/mol. The van der Waals surface area contributed by atoms with Crippen molar-refractivity contribution in [2.75, 3.05) is 0 Å². The molecule has 1 aromatic heterocycles. The van der Waals surface area contributed by atoms with Crippen molar-refractivity contribution in [2.24, 2.45) is 23.2 Å². The lowest BCUT2D eigenvalue weighted by Gasteiger charge is -2.57. The van der Waals surface area contributed by atoms with Crippen LogP contribution in [0.15, 0.2) is 16.2 Å². The standard InChI is InChI=1S/C23H31NO3/c1-13-21-20(27-24-13)12-19-17-6-5-15-11-16(26-14(2)25)7-9-22(15,3)18(17)8-10-23(19,21)4/h5,16-19H,6-12H2,1-4H3/t16?,17?,18?,19?,22-,23-/m0/s1. The molecule has 4 heteroatoms. The van der Waals surface area contributed by atoms with Crippen molar-refractivity contribution < 1.29 is 14.1 Å². The fraction of sp³-hybridized carbons (Fsp3) is 0.739. The van der Waals surface area contributed by atoms with E-state index in [1.165, 1.54) is 31.7 Å². The van der Waals surface area contributed by atoms with Crippen molar-refractivity contribution in [3.63, 3.8) is 0 Å². The average Bonchev–Trinajstić information content (AvgIpc) is 3.12. The highest BCUT2D eigenvalue weighted by Gasteiger charge is 2.59. The predicted molar refractivity (Wildman–Crippen MR) is 102 cm³/mol. The van der Waals surface area contributed by atoms with Gasteiger partial charge in [0.05, 0.1) is 5.69 Å². The first-order valence-corrected chi connectivity index (χ1v) is 10.7. The Kier molecular flexibility index (Phi) is 3.71. The van der Waals surface area contributed by atoms with Crippen molar-refractivity contribution >= 4 is 5.97 Å². The van der Waals surface area contributed by atoms with E-state index in [2.05, 4.69) is 32.0 Å². The molecular formula is C23H31NO3. The third-order valence-corrected chi connectivity index (χ3v) is 8.69. The quantitative estimate of drug-likeness (QED) is 0.522. The maximum Gasteiger partial charge on any atom is 0.302 e. The van der Waals surface area contributed by atoms with E-state index < -0.39 is 0 Å². The number of carbonyl (C=O) groups is 1. The van der Waals surface area contributed by atoms with Crippen LogP contribution in [0.3, 0.4) is 0 Å². The van der Waals surface area contributed by atoms with Gasteiger partial charge < -0.3 is 9.26 Å². The molecule has 0 spiro atoms. The van der Waals surface area contributed by atoms with Gasteiger partial charge in [0.15, 0.2) is 0 Å². The number of hydrogen-bond donors (Lipinski definition) is 0. The van der Waals surface area contributed by atoms with Crippen LogP contribution in [0.2, 0.25) is 0 Å². The summed E-state index contributed by atoms with van der Waals surface area (Å²) >= 11 is 0. The zero-order valence-electron chi connectivity index (χ0n) is 17.0. The van der Waals surface area contributed by atoms with Gasteiger partial charge in [-0.15, -0.1) is 0 Å². The normalized spacial score (nSPS) is 42.4. The van der Waals surface area contributed by atoms with Crippen LogP contribution >= 0.6 is 0 Å². The molecule has 1 heterocycles. The molecule has 27 heavy (non-hydrogen) atoms. The molecule has 1 aromatic rings. The molecule has 2 fully saturated rings. The second kappa shape index (κ2) is 5.71. The van der Waals surface area contributed by atoms with Crippen molar-refractivity contribution in [1.29, 1.82) is 0 Å². The summed E-state index contributed by atoms with van der Waals surface area (Å²) < 4.78 is 11.3. The Morgan fingerprint density at radius 2 is 1.96 bits per heavy atom. The van der Waals surface area contributed by atoms with E-state index in [1.54, 1.807) is 5.57 Å². The number of nitrogens with zero attached hydrogens (tertiary/aromatic N) is 1. The minimum absolute atomic E-state index is 0.0800. The van der Waals surface area contributed by atoms with Crippen LogP contribution in [0, 0.1) is 30.1 Å². The van der Waals surface area contributed by atoms with E-state index in [9.17, 15) is 4.79 Å². The molecule has 0 aliphatic heterocycles. The highest BCUT2D eigenvalue weighted by Crippen LogP contribution is 2.64. The molecule has 4 unspecified atom stereocenters. The summed E-state index contributed by atoms with van der Waals surface area (Å²) in [4.78, 5) is 11.4. The second-order valence-corrected chi connectivity index (χ2v) is 9.96. The lowest BCUT2D eigenvalue weighted by molar-refractivity contribution is -0.148. The number of rotatable bonds is 1. The number of carbonyl (C=O) groups excluding carboxylic acids is 1. The molecule has 4 aliphatic rings. The summed E-state index contributed by atoms with van der Waals surface area (Å²) in [5, 5.41) is 4.26. The predicted octanol–water partition coefficient (Wildman–Crippen LogP) is 4.89. The van der Waals surface area contributed by atoms with Gasteiger partial charge in [0.25, 0.3) is 0 Å². The van der Waals surface area contributed by atoms with E-state index in [1.807, 2.05) is 0 Å². The Labute approximate surface area is 161 Å². The Morgan fingerprint density at radius 3 is 2.74 bits per heavy atom. The molecule has 5 rings (SSSR count). The van der Waals surface area contributed by atoms with Crippen molar-refractivity contribution in [1.82, 2.24) is 5.16 Å². The Hall–Kier alpha value is -1.58. The largest absolute Gasteiger partial charge is 0.462 e. The molecule has 6 atom stereocenters. The first-order chi connectivity index (χ1) is 12.8. The third-order valence-electron chi connectivity index (χ3n) is 8.69. The van der Waals surface area contributed by atoms with E-state index in [-0.39, 0.29) is 22.9 Å². The number of aromatic nitrogens is 1. The number of aryl methyl sites for hydroxylation is 1. The number of hydrogen-bond acceptors (Lipinski definition) is 4. The zero-order chi connectivity index (χ0) is 19.0. The van der Waals surface area contributed by atoms with Crippen LogP contribution in [0.25, 0.3) is 0 Å². The SMILES string of the molecule is CC(=O)OC1CC[C@@]2(C)C(=CCC3C2CC[C@]2(C)c4c(C)noc4CC32)C1. The molecule has 4 nitrogen and oxygen atoms in total. The van der Waals surface area contributed by atoms with Crippen LogP contribution in [0.4, 0.5) is 0 Å². The van der Waals surface area contributed by atoms with Gasteiger partial charge in [0.2, 0.25) is 0 Å². The van der Waals surface area contributed by atoms with Crippen molar-refractivity contribution in [3.8, 4) is 0 Å². The maximum atomic E-state index is 11.4. The summed E-state index contributed by atoms with van der Waals surface area (Å²) in [6, 6.07) is 0. The second-order valence-electron chi connectivity index (χ2n) is 9.96. The smallest absolute Gasteiger partial charge is 0.302 e. The molecule has 0 saturated heterocycles. The fourth-order valence-corrected chi connectivity index (χ4v) is 7.46. The molecule has 146 valence electrons. The number of esters is 1. The summed E-state index contributed by atoms with van der Waals surface area (Å²) in [7, 11) is 0. The molecule has 0 aromatic carbocycles.